The summed E-state index contributed by atoms with van der Waals surface area (Å²) in [6.45, 7) is 5.92. The maximum Gasteiger partial charge on any atom is 0.0327 e. The van der Waals surface area contributed by atoms with Crippen LogP contribution < -0.4 is 5.32 Å². The Balaban J connectivity index is 1.74. The third-order valence-corrected chi connectivity index (χ3v) is 5.32. The van der Waals surface area contributed by atoms with E-state index in [4.69, 9.17) is 0 Å². The van der Waals surface area contributed by atoms with E-state index >= 15 is 0 Å². The average molecular weight is 238 g/mol. The van der Waals surface area contributed by atoms with Gasteiger partial charge in [-0.15, -0.1) is 0 Å². The minimum atomic E-state index is 0.461. The topological polar surface area (TPSA) is 15.3 Å². The van der Waals surface area contributed by atoms with E-state index in [1.54, 1.807) is 0 Å². The molecule has 2 saturated carbocycles. The Kier molecular flexibility index (Phi) is 4.14. The van der Waals surface area contributed by atoms with Gasteiger partial charge in [0, 0.05) is 18.1 Å². The van der Waals surface area contributed by atoms with Gasteiger partial charge in [0.15, 0.2) is 0 Å². The molecule has 0 aromatic heterocycles. The van der Waals surface area contributed by atoms with Gasteiger partial charge < -0.3 is 10.2 Å². The maximum absolute atomic E-state index is 3.83. The van der Waals surface area contributed by atoms with Gasteiger partial charge in [-0.05, 0) is 51.6 Å². The lowest BCUT2D eigenvalue weighted by Gasteiger charge is -2.43. The molecule has 0 heterocycles. The SMILES string of the molecule is CC(C)C1CC(NCC2(N(C)C)CCCC2)C1. The van der Waals surface area contributed by atoms with Gasteiger partial charge in [-0.25, -0.2) is 0 Å². The van der Waals surface area contributed by atoms with Crippen LogP contribution in [0.2, 0.25) is 0 Å². The molecule has 0 aromatic rings. The summed E-state index contributed by atoms with van der Waals surface area (Å²) in [5.74, 6) is 1.86. The number of nitrogens with zero attached hydrogens (tertiary/aromatic N) is 1. The molecule has 0 amide bonds. The van der Waals surface area contributed by atoms with E-state index in [9.17, 15) is 0 Å². The number of nitrogens with one attached hydrogen (secondary N) is 1. The number of hydrogen-bond donors (Lipinski definition) is 1. The molecular weight excluding hydrogens is 208 g/mol. The van der Waals surface area contributed by atoms with Crippen molar-refractivity contribution in [3.05, 3.63) is 0 Å². The average Bonchev–Trinajstić information content (AvgIpc) is 2.64. The summed E-state index contributed by atoms with van der Waals surface area (Å²) in [5.41, 5.74) is 0.461. The predicted molar refractivity (Wildman–Crippen MR) is 74.2 cm³/mol. The summed E-state index contributed by atoms with van der Waals surface area (Å²) >= 11 is 0. The third kappa shape index (κ3) is 2.85. The second kappa shape index (κ2) is 5.27. The summed E-state index contributed by atoms with van der Waals surface area (Å²) < 4.78 is 0. The zero-order valence-electron chi connectivity index (χ0n) is 12.1. The quantitative estimate of drug-likeness (QED) is 0.792. The number of likely N-dealkylation sites (N-methyl/N-ethyl adjacent to an activating group) is 1. The van der Waals surface area contributed by atoms with Gasteiger partial charge in [0.05, 0.1) is 0 Å². The van der Waals surface area contributed by atoms with Gasteiger partial charge in [-0.2, -0.15) is 0 Å². The molecule has 2 rings (SSSR count). The summed E-state index contributed by atoms with van der Waals surface area (Å²) in [6, 6.07) is 0.805. The monoisotopic (exact) mass is 238 g/mol. The van der Waals surface area contributed by atoms with Crippen molar-refractivity contribution in [3.63, 3.8) is 0 Å². The fraction of sp³-hybridized carbons (Fsp3) is 1.00. The first-order chi connectivity index (χ1) is 8.03. The van der Waals surface area contributed by atoms with Crippen LogP contribution >= 0.6 is 0 Å². The molecule has 2 nitrogen and oxygen atoms in total. The Morgan fingerprint density at radius 2 is 1.76 bits per heavy atom. The largest absolute Gasteiger partial charge is 0.312 e. The lowest BCUT2D eigenvalue weighted by molar-refractivity contribution is 0.116. The van der Waals surface area contributed by atoms with E-state index < -0.39 is 0 Å². The molecule has 0 aromatic carbocycles. The molecule has 2 aliphatic carbocycles. The fourth-order valence-corrected chi connectivity index (χ4v) is 3.52. The highest BCUT2D eigenvalue weighted by Crippen LogP contribution is 2.36. The summed E-state index contributed by atoms with van der Waals surface area (Å²) in [7, 11) is 4.51. The molecule has 17 heavy (non-hydrogen) atoms. The first-order valence-electron chi connectivity index (χ1n) is 7.44. The van der Waals surface area contributed by atoms with Crippen LogP contribution in [0, 0.1) is 11.8 Å². The lowest BCUT2D eigenvalue weighted by Crippen LogP contribution is -2.54. The Labute approximate surface area is 107 Å². The van der Waals surface area contributed by atoms with E-state index in [0.29, 0.717) is 5.54 Å². The van der Waals surface area contributed by atoms with Gasteiger partial charge in [0.1, 0.15) is 0 Å². The minimum Gasteiger partial charge on any atom is -0.312 e. The molecular formula is C15H30N2. The lowest BCUT2D eigenvalue weighted by atomic mass is 9.73. The number of rotatable bonds is 5. The Morgan fingerprint density at radius 3 is 2.24 bits per heavy atom. The second-order valence-electron chi connectivity index (χ2n) is 6.88. The Bertz CT molecular complexity index is 235. The molecule has 100 valence electrons. The highest BCUT2D eigenvalue weighted by atomic mass is 15.2. The normalized spacial score (nSPS) is 32.1. The van der Waals surface area contributed by atoms with Crippen LogP contribution in [0.5, 0.6) is 0 Å². The van der Waals surface area contributed by atoms with Crippen molar-refractivity contribution in [1.82, 2.24) is 10.2 Å². The third-order valence-electron chi connectivity index (χ3n) is 5.32. The van der Waals surface area contributed by atoms with Crippen LogP contribution in [-0.4, -0.2) is 37.1 Å². The zero-order valence-corrected chi connectivity index (χ0v) is 12.1. The summed E-state index contributed by atoms with van der Waals surface area (Å²) in [4.78, 5) is 2.46. The van der Waals surface area contributed by atoms with Crippen molar-refractivity contribution in [2.24, 2.45) is 11.8 Å². The number of hydrogen-bond acceptors (Lipinski definition) is 2. The van der Waals surface area contributed by atoms with Crippen LogP contribution in [0.4, 0.5) is 0 Å². The van der Waals surface area contributed by atoms with Gasteiger partial charge in [-0.1, -0.05) is 26.7 Å². The minimum absolute atomic E-state index is 0.461. The predicted octanol–water partition coefficient (Wildman–Crippen LogP) is 2.89. The van der Waals surface area contributed by atoms with Crippen molar-refractivity contribution in [3.8, 4) is 0 Å². The van der Waals surface area contributed by atoms with Crippen LogP contribution in [0.3, 0.4) is 0 Å². The van der Waals surface area contributed by atoms with Gasteiger partial charge in [0.25, 0.3) is 0 Å². The highest BCUT2D eigenvalue weighted by molar-refractivity contribution is 4.97. The smallest absolute Gasteiger partial charge is 0.0327 e. The summed E-state index contributed by atoms with van der Waals surface area (Å²) in [5, 5.41) is 3.83. The van der Waals surface area contributed by atoms with Gasteiger partial charge >= 0.3 is 0 Å². The zero-order chi connectivity index (χ0) is 12.5. The molecule has 0 spiro atoms. The van der Waals surface area contributed by atoms with Crippen molar-refractivity contribution in [2.45, 2.75) is 64.0 Å². The van der Waals surface area contributed by atoms with Crippen LogP contribution in [-0.2, 0) is 0 Å². The molecule has 0 bridgehead atoms. The van der Waals surface area contributed by atoms with Crippen molar-refractivity contribution in [2.75, 3.05) is 20.6 Å². The van der Waals surface area contributed by atoms with Crippen molar-refractivity contribution >= 4 is 0 Å². The van der Waals surface area contributed by atoms with E-state index in [1.807, 2.05) is 0 Å². The van der Waals surface area contributed by atoms with Gasteiger partial charge in [0.2, 0.25) is 0 Å². The van der Waals surface area contributed by atoms with Crippen molar-refractivity contribution in [1.29, 1.82) is 0 Å². The molecule has 0 atom stereocenters. The molecule has 0 saturated heterocycles. The molecule has 0 aliphatic heterocycles. The maximum atomic E-state index is 3.83. The van der Waals surface area contributed by atoms with Crippen molar-refractivity contribution < 1.29 is 0 Å². The van der Waals surface area contributed by atoms with Crippen LogP contribution in [0.15, 0.2) is 0 Å². The second-order valence-corrected chi connectivity index (χ2v) is 6.88. The van der Waals surface area contributed by atoms with E-state index in [2.05, 4.69) is 38.2 Å². The first-order valence-corrected chi connectivity index (χ1v) is 7.44. The molecule has 2 heteroatoms. The highest BCUT2D eigenvalue weighted by Gasteiger charge is 2.38. The molecule has 1 N–H and O–H groups in total. The van der Waals surface area contributed by atoms with Crippen LogP contribution in [0.1, 0.15) is 52.4 Å². The van der Waals surface area contributed by atoms with E-state index in [1.165, 1.54) is 45.1 Å². The summed E-state index contributed by atoms with van der Waals surface area (Å²) in [6.07, 6.45) is 8.40. The standard InChI is InChI=1S/C15H30N2/c1-12(2)13-9-14(10-13)16-11-15(17(3)4)7-5-6-8-15/h12-14,16H,5-11H2,1-4H3. The van der Waals surface area contributed by atoms with Crippen LogP contribution in [0.25, 0.3) is 0 Å². The van der Waals surface area contributed by atoms with Gasteiger partial charge in [-0.3, -0.25) is 0 Å². The first kappa shape index (κ1) is 13.4. The fourth-order valence-electron chi connectivity index (χ4n) is 3.52. The van der Waals surface area contributed by atoms with E-state index in [-0.39, 0.29) is 0 Å². The van der Waals surface area contributed by atoms with E-state index in [0.717, 1.165) is 17.9 Å². The molecule has 2 fully saturated rings. The molecule has 2 aliphatic rings. The Hall–Kier alpha value is -0.0800. The Morgan fingerprint density at radius 1 is 1.18 bits per heavy atom. The molecule has 0 unspecified atom stereocenters. The molecule has 0 radical (unpaired) electrons.